The highest BCUT2D eigenvalue weighted by atomic mass is 16.5. The predicted octanol–water partition coefficient (Wildman–Crippen LogP) is 1.28. The average Bonchev–Trinajstić information content (AvgIpc) is 2.36. The highest BCUT2D eigenvalue weighted by Gasteiger charge is 2.09. The number of nitrogens with two attached hydrogens (primary N) is 1. The Morgan fingerprint density at radius 3 is 2.72 bits per heavy atom. The maximum absolute atomic E-state index is 11.3. The molecule has 1 amide bonds. The Labute approximate surface area is 105 Å². The summed E-state index contributed by atoms with van der Waals surface area (Å²) in [6.45, 7) is 5.55. The number of hydrogen-bond acceptors (Lipinski definition) is 4. The zero-order valence-electron chi connectivity index (χ0n) is 10.1. The van der Waals surface area contributed by atoms with Crippen LogP contribution >= 0.6 is 0 Å². The molecule has 0 bridgehead atoms. The number of primary amides is 1. The van der Waals surface area contributed by atoms with E-state index in [1.54, 1.807) is 25.1 Å². The van der Waals surface area contributed by atoms with Crippen molar-refractivity contribution in [3.63, 3.8) is 0 Å². The Kier molecular flexibility index (Phi) is 4.92. The molecule has 0 heterocycles. The molecule has 0 spiro atoms. The van der Waals surface area contributed by atoms with Crippen molar-refractivity contribution in [2.24, 2.45) is 5.73 Å². The molecule has 0 atom stereocenters. The molecular formula is C13H15NO4. The molecule has 1 rings (SSSR count). The van der Waals surface area contributed by atoms with E-state index in [0.717, 1.165) is 0 Å². The van der Waals surface area contributed by atoms with Gasteiger partial charge < -0.3 is 15.2 Å². The van der Waals surface area contributed by atoms with Gasteiger partial charge in [0.25, 0.3) is 0 Å². The molecule has 1 aromatic rings. The molecule has 0 aromatic heterocycles. The SMILES string of the molecule is C=C(COc1cccc(C(N)=O)c1)C(=O)OCC. The fourth-order valence-corrected chi connectivity index (χ4v) is 1.20. The summed E-state index contributed by atoms with van der Waals surface area (Å²) >= 11 is 0. The molecule has 0 saturated heterocycles. The van der Waals surface area contributed by atoms with E-state index in [0.29, 0.717) is 11.3 Å². The van der Waals surface area contributed by atoms with Crippen molar-refractivity contribution in [1.29, 1.82) is 0 Å². The number of amides is 1. The lowest BCUT2D eigenvalue weighted by Crippen LogP contribution is -2.14. The quantitative estimate of drug-likeness (QED) is 0.608. The predicted molar refractivity (Wildman–Crippen MR) is 66.2 cm³/mol. The fourth-order valence-electron chi connectivity index (χ4n) is 1.20. The van der Waals surface area contributed by atoms with Crippen LogP contribution in [-0.2, 0) is 9.53 Å². The Morgan fingerprint density at radius 1 is 1.39 bits per heavy atom. The van der Waals surface area contributed by atoms with Crippen LogP contribution < -0.4 is 10.5 Å². The molecule has 96 valence electrons. The van der Waals surface area contributed by atoms with E-state index in [1.807, 2.05) is 0 Å². The minimum absolute atomic E-state index is 0.00104. The Bertz CT molecular complexity index is 468. The minimum Gasteiger partial charge on any atom is -0.489 e. The summed E-state index contributed by atoms with van der Waals surface area (Å²) in [4.78, 5) is 22.2. The standard InChI is InChI=1S/C13H15NO4/c1-3-17-13(16)9(2)8-18-11-6-4-5-10(7-11)12(14)15/h4-7H,2-3,8H2,1H3,(H2,14,15). The van der Waals surface area contributed by atoms with Crippen LogP contribution in [0.15, 0.2) is 36.4 Å². The first-order valence-electron chi connectivity index (χ1n) is 5.42. The van der Waals surface area contributed by atoms with Crippen molar-refractivity contribution >= 4 is 11.9 Å². The van der Waals surface area contributed by atoms with Crippen LogP contribution in [0.4, 0.5) is 0 Å². The number of carbonyl (C=O) groups excluding carboxylic acids is 2. The first kappa shape index (κ1) is 13.8. The summed E-state index contributed by atoms with van der Waals surface area (Å²) in [5.41, 5.74) is 5.69. The lowest BCUT2D eigenvalue weighted by atomic mass is 10.2. The molecule has 0 saturated carbocycles. The van der Waals surface area contributed by atoms with Crippen LogP contribution in [-0.4, -0.2) is 25.1 Å². The summed E-state index contributed by atoms with van der Waals surface area (Å²) in [7, 11) is 0. The van der Waals surface area contributed by atoms with Gasteiger partial charge in [0, 0.05) is 5.56 Å². The normalized spacial score (nSPS) is 9.61. The van der Waals surface area contributed by atoms with Crippen molar-refractivity contribution in [2.75, 3.05) is 13.2 Å². The lowest BCUT2D eigenvalue weighted by Gasteiger charge is -2.08. The van der Waals surface area contributed by atoms with Crippen molar-refractivity contribution in [1.82, 2.24) is 0 Å². The molecule has 0 fully saturated rings. The van der Waals surface area contributed by atoms with Crippen LogP contribution in [0.5, 0.6) is 5.75 Å². The zero-order valence-corrected chi connectivity index (χ0v) is 10.1. The van der Waals surface area contributed by atoms with E-state index in [1.165, 1.54) is 6.07 Å². The van der Waals surface area contributed by atoms with Gasteiger partial charge in [-0.15, -0.1) is 0 Å². The van der Waals surface area contributed by atoms with Gasteiger partial charge in [-0.25, -0.2) is 4.79 Å². The maximum atomic E-state index is 11.3. The number of benzene rings is 1. The number of esters is 1. The first-order valence-corrected chi connectivity index (χ1v) is 5.42. The van der Waals surface area contributed by atoms with Crippen molar-refractivity contribution in [3.8, 4) is 5.75 Å². The largest absolute Gasteiger partial charge is 0.489 e. The average molecular weight is 249 g/mol. The Balaban J connectivity index is 2.58. The molecule has 2 N–H and O–H groups in total. The van der Waals surface area contributed by atoms with Crippen molar-refractivity contribution in [3.05, 3.63) is 42.0 Å². The van der Waals surface area contributed by atoms with Gasteiger partial charge in [0.1, 0.15) is 12.4 Å². The third-order valence-electron chi connectivity index (χ3n) is 2.10. The van der Waals surface area contributed by atoms with E-state index in [-0.39, 0.29) is 18.8 Å². The molecule has 0 aliphatic carbocycles. The van der Waals surface area contributed by atoms with Crippen molar-refractivity contribution in [2.45, 2.75) is 6.92 Å². The summed E-state index contributed by atoms with van der Waals surface area (Å²) in [6.07, 6.45) is 0. The first-order chi connectivity index (χ1) is 8.54. The Hall–Kier alpha value is -2.30. The smallest absolute Gasteiger partial charge is 0.336 e. The number of hydrogen-bond donors (Lipinski definition) is 1. The van der Waals surface area contributed by atoms with Gasteiger partial charge in [-0.3, -0.25) is 4.79 Å². The molecule has 5 nitrogen and oxygen atoms in total. The highest BCUT2D eigenvalue weighted by Crippen LogP contribution is 2.13. The van der Waals surface area contributed by atoms with Gasteiger partial charge in [0.05, 0.1) is 12.2 Å². The van der Waals surface area contributed by atoms with Gasteiger partial charge in [0.2, 0.25) is 5.91 Å². The maximum Gasteiger partial charge on any atom is 0.336 e. The van der Waals surface area contributed by atoms with Gasteiger partial charge in [-0.2, -0.15) is 0 Å². The topological polar surface area (TPSA) is 78.6 Å². The van der Waals surface area contributed by atoms with Gasteiger partial charge in [0.15, 0.2) is 0 Å². The third kappa shape index (κ3) is 3.93. The number of ether oxygens (including phenoxy) is 2. The summed E-state index contributed by atoms with van der Waals surface area (Å²) < 4.78 is 10.1. The van der Waals surface area contributed by atoms with E-state index < -0.39 is 11.9 Å². The van der Waals surface area contributed by atoms with Crippen LogP contribution in [0, 0.1) is 0 Å². The molecule has 0 aliphatic heterocycles. The van der Waals surface area contributed by atoms with E-state index >= 15 is 0 Å². The van der Waals surface area contributed by atoms with Gasteiger partial charge >= 0.3 is 5.97 Å². The zero-order chi connectivity index (χ0) is 13.5. The fraction of sp³-hybridized carbons (Fsp3) is 0.231. The van der Waals surface area contributed by atoms with Crippen LogP contribution in [0.3, 0.4) is 0 Å². The molecule has 1 aromatic carbocycles. The van der Waals surface area contributed by atoms with Gasteiger partial charge in [-0.1, -0.05) is 12.6 Å². The van der Waals surface area contributed by atoms with Crippen molar-refractivity contribution < 1.29 is 19.1 Å². The second-order valence-corrected chi connectivity index (χ2v) is 3.50. The molecular weight excluding hydrogens is 234 g/mol. The Morgan fingerprint density at radius 2 is 2.11 bits per heavy atom. The number of carbonyl (C=O) groups is 2. The third-order valence-corrected chi connectivity index (χ3v) is 2.10. The number of rotatable bonds is 6. The molecule has 0 unspecified atom stereocenters. The van der Waals surface area contributed by atoms with Crippen LogP contribution in [0.25, 0.3) is 0 Å². The molecule has 5 heteroatoms. The second-order valence-electron chi connectivity index (χ2n) is 3.50. The molecule has 18 heavy (non-hydrogen) atoms. The summed E-state index contributed by atoms with van der Waals surface area (Å²) in [6, 6.07) is 6.38. The van der Waals surface area contributed by atoms with E-state index in [2.05, 4.69) is 6.58 Å². The summed E-state index contributed by atoms with van der Waals surface area (Å²) in [5.74, 6) is -0.593. The monoisotopic (exact) mass is 249 g/mol. The second kappa shape index (κ2) is 6.44. The van der Waals surface area contributed by atoms with Gasteiger partial charge in [-0.05, 0) is 25.1 Å². The van der Waals surface area contributed by atoms with E-state index in [9.17, 15) is 9.59 Å². The van der Waals surface area contributed by atoms with Crippen LogP contribution in [0.2, 0.25) is 0 Å². The minimum atomic E-state index is -0.537. The molecule has 0 radical (unpaired) electrons. The van der Waals surface area contributed by atoms with E-state index in [4.69, 9.17) is 15.2 Å². The lowest BCUT2D eigenvalue weighted by molar-refractivity contribution is -0.138. The van der Waals surface area contributed by atoms with Crippen LogP contribution in [0.1, 0.15) is 17.3 Å². The summed E-state index contributed by atoms with van der Waals surface area (Å²) in [5, 5.41) is 0. The highest BCUT2D eigenvalue weighted by molar-refractivity contribution is 5.93. The molecule has 0 aliphatic rings.